The molecule has 0 spiro atoms. The molecule has 144 valence electrons. The Hall–Kier alpha value is -2.61. The van der Waals surface area contributed by atoms with Crippen LogP contribution in [0.4, 0.5) is 15.8 Å². The van der Waals surface area contributed by atoms with Crippen LogP contribution >= 0.6 is 0 Å². The predicted molar refractivity (Wildman–Crippen MR) is 103 cm³/mol. The van der Waals surface area contributed by atoms with Crippen LogP contribution in [0.15, 0.2) is 17.1 Å². The maximum absolute atomic E-state index is 15.2. The van der Waals surface area contributed by atoms with E-state index in [4.69, 9.17) is 0 Å². The molecule has 1 aromatic carbocycles. The first kappa shape index (κ1) is 17.8. The van der Waals surface area contributed by atoms with Gasteiger partial charge in [0.1, 0.15) is 11.4 Å². The number of nitrogens with zero attached hydrogens (tertiary/aromatic N) is 3. The van der Waals surface area contributed by atoms with E-state index in [9.17, 15) is 14.7 Å². The minimum Gasteiger partial charge on any atom is -0.477 e. The van der Waals surface area contributed by atoms with Crippen LogP contribution < -0.4 is 20.5 Å². The number of hydrogen-bond acceptors (Lipinski definition) is 5. The summed E-state index contributed by atoms with van der Waals surface area (Å²) in [7, 11) is 1.89. The minimum atomic E-state index is -1.29. The van der Waals surface area contributed by atoms with Crippen molar-refractivity contribution in [2.75, 3.05) is 43.0 Å². The van der Waals surface area contributed by atoms with E-state index in [1.165, 1.54) is 12.3 Å². The van der Waals surface area contributed by atoms with E-state index in [1.807, 2.05) is 28.3 Å². The normalized spacial score (nSPS) is 22.4. The molecule has 2 aliphatic heterocycles. The quantitative estimate of drug-likeness (QED) is 0.832. The van der Waals surface area contributed by atoms with Crippen LogP contribution in [-0.4, -0.2) is 54.9 Å². The topological polar surface area (TPSA) is 77.8 Å². The second-order valence-corrected chi connectivity index (χ2v) is 7.57. The van der Waals surface area contributed by atoms with Crippen molar-refractivity contribution < 1.29 is 14.3 Å². The lowest BCUT2D eigenvalue weighted by molar-refractivity contribution is 0.0694. The van der Waals surface area contributed by atoms with Gasteiger partial charge in [-0.05, 0) is 19.9 Å². The monoisotopic (exact) mass is 374 g/mol. The van der Waals surface area contributed by atoms with Crippen LogP contribution in [0.1, 0.15) is 30.2 Å². The molecule has 0 saturated carbocycles. The van der Waals surface area contributed by atoms with Gasteiger partial charge in [-0.2, -0.15) is 0 Å². The molecule has 8 heteroatoms. The Morgan fingerprint density at radius 2 is 2.04 bits per heavy atom. The first-order chi connectivity index (χ1) is 12.8. The number of likely N-dealkylation sites (N-methyl/N-ethyl adjacent to an activating group) is 1. The highest BCUT2D eigenvalue weighted by molar-refractivity contribution is 6.02. The third-order valence-corrected chi connectivity index (χ3v) is 5.53. The molecule has 27 heavy (non-hydrogen) atoms. The summed E-state index contributed by atoms with van der Waals surface area (Å²) in [6.45, 7) is 6.70. The molecule has 2 aromatic rings. The Kier molecular flexibility index (Phi) is 4.10. The zero-order chi connectivity index (χ0) is 19.5. The van der Waals surface area contributed by atoms with Gasteiger partial charge in [0.25, 0.3) is 0 Å². The molecule has 2 N–H and O–H groups in total. The van der Waals surface area contributed by atoms with E-state index >= 15 is 4.39 Å². The van der Waals surface area contributed by atoms with Crippen LogP contribution in [0.25, 0.3) is 10.9 Å². The number of halogens is 1. The van der Waals surface area contributed by atoms with Gasteiger partial charge >= 0.3 is 5.97 Å². The maximum atomic E-state index is 15.2. The Bertz CT molecular complexity index is 1000. The molecule has 2 aliphatic rings. The number of aromatic carboxylic acids is 1. The van der Waals surface area contributed by atoms with Crippen molar-refractivity contribution in [3.8, 4) is 0 Å². The minimum absolute atomic E-state index is 0.0380. The maximum Gasteiger partial charge on any atom is 0.341 e. The van der Waals surface area contributed by atoms with Crippen molar-refractivity contribution in [3.63, 3.8) is 0 Å². The molecular formula is C19H23FN4O3. The summed E-state index contributed by atoms with van der Waals surface area (Å²) >= 11 is 0. The lowest BCUT2D eigenvalue weighted by Crippen LogP contribution is -2.50. The standard InChI is InChI=1S/C19H23FN4O3/c1-10-7-23(5-4-21-10)16-14(20)6-12-15-17(16)22(3)8-11(2)24(15)9-13(18(12)25)19(26)27/h6,9-11,21H,4-5,7-8H2,1-3H3,(H,26,27)/t10?,11-/m0/s1. The van der Waals surface area contributed by atoms with Crippen molar-refractivity contribution in [2.24, 2.45) is 0 Å². The van der Waals surface area contributed by atoms with E-state index in [0.717, 1.165) is 6.54 Å². The number of anilines is 2. The summed E-state index contributed by atoms with van der Waals surface area (Å²) in [6, 6.07) is 1.40. The molecule has 0 amide bonds. The zero-order valence-corrected chi connectivity index (χ0v) is 15.6. The molecule has 4 rings (SSSR count). The number of carboxylic acids is 1. The third kappa shape index (κ3) is 2.66. The summed E-state index contributed by atoms with van der Waals surface area (Å²) in [5, 5.41) is 12.9. The molecule has 1 saturated heterocycles. The highest BCUT2D eigenvalue weighted by atomic mass is 19.1. The molecule has 0 aliphatic carbocycles. The van der Waals surface area contributed by atoms with Gasteiger partial charge in [0.2, 0.25) is 5.43 Å². The molecule has 3 heterocycles. The number of nitrogens with one attached hydrogen (secondary N) is 1. The van der Waals surface area contributed by atoms with E-state index in [2.05, 4.69) is 12.2 Å². The number of carboxylic acid groups (broad SMARTS) is 1. The van der Waals surface area contributed by atoms with Crippen LogP contribution in [0.3, 0.4) is 0 Å². The second kappa shape index (κ2) is 6.23. The largest absolute Gasteiger partial charge is 0.477 e. The van der Waals surface area contributed by atoms with E-state index in [0.29, 0.717) is 36.5 Å². The third-order valence-electron chi connectivity index (χ3n) is 5.53. The number of pyridine rings is 1. The van der Waals surface area contributed by atoms with E-state index in [-0.39, 0.29) is 23.0 Å². The van der Waals surface area contributed by atoms with Crippen molar-refractivity contribution in [1.82, 2.24) is 9.88 Å². The van der Waals surface area contributed by atoms with Crippen molar-refractivity contribution in [1.29, 1.82) is 0 Å². The van der Waals surface area contributed by atoms with Gasteiger partial charge < -0.3 is 24.8 Å². The molecule has 1 aromatic heterocycles. The van der Waals surface area contributed by atoms with Gasteiger partial charge in [0.15, 0.2) is 0 Å². The summed E-state index contributed by atoms with van der Waals surface area (Å²) in [5.74, 6) is -1.78. The van der Waals surface area contributed by atoms with Crippen LogP contribution in [0.2, 0.25) is 0 Å². The van der Waals surface area contributed by atoms with Gasteiger partial charge in [-0.15, -0.1) is 0 Å². The predicted octanol–water partition coefficient (Wildman–Crippen LogP) is 1.65. The van der Waals surface area contributed by atoms with Crippen LogP contribution in [-0.2, 0) is 0 Å². The summed E-state index contributed by atoms with van der Waals surface area (Å²) in [4.78, 5) is 28.2. The van der Waals surface area contributed by atoms with Crippen molar-refractivity contribution in [2.45, 2.75) is 25.9 Å². The Morgan fingerprint density at radius 3 is 2.70 bits per heavy atom. The molecule has 7 nitrogen and oxygen atoms in total. The Morgan fingerprint density at radius 1 is 1.30 bits per heavy atom. The Labute approximate surface area is 156 Å². The second-order valence-electron chi connectivity index (χ2n) is 7.57. The average Bonchev–Trinajstić information content (AvgIpc) is 2.60. The van der Waals surface area contributed by atoms with E-state index < -0.39 is 17.2 Å². The molecule has 0 bridgehead atoms. The molecular weight excluding hydrogens is 351 g/mol. The SMILES string of the molecule is CC1CN(c2c(F)cc3c(=O)c(C(=O)O)cn4c3c2N(C)C[C@@H]4C)CCN1. The average molecular weight is 374 g/mol. The number of carbonyl (C=O) groups is 1. The van der Waals surface area contributed by atoms with Crippen molar-refractivity contribution >= 4 is 28.2 Å². The zero-order valence-electron chi connectivity index (χ0n) is 15.6. The smallest absolute Gasteiger partial charge is 0.341 e. The highest BCUT2D eigenvalue weighted by Gasteiger charge is 2.32. The van der Waals surface area contributed by atoms with Gasteiger partial charge in [-0.3, -0.25) is 4.79 Å². The van der Waals surface area contributed by atoms with Gasteiger partial charge in [-0.25, -0.2) is 9.18 Å². The number of hydrogen-bond donors (Lipinski definition) is 2. The first-order valence-corrected chi connectivity index (χ1v) is 9.13. The van der Waals surface area contributed by atoms with E-state index in [1.54, 1.807) is 0 Å². The lowest BCUT2D eigenvalue weighted by Gasteiger charge is -2.40. The fraction of sp³-hybridized carbons (Fsp3) is 0.474. The summed E-state index contributed by atoms with van der Waals surface area (Å²) in [5.41, 5.74) is 0.783. The summed E-state index contributed by atoms with van der Waals surface area (Å²) < 4.78 is 17.0. The lowest BCUT2D eigenvalue weighted by atomic mass is 10.0. The number of rotatable bonds is 2. The van der Waals surface area contributed by atoms with Gasteiger partial charge in [0.05, 0.1) is 22.3 Å². The Balaban J connectivity index is 2.07. The van der Waals surface area contributed by atoms with Crippen molar-refractivity contribution in [3.05, 3.63) is 33.9 Å². The molecule has 0 radical (unpaired) electrons. The molecule has 1 unspecified atom stereocenters. The number of benzene rings is 1. The molecule has 2 atom stereocenters. The molecule has 1 fully saturated rings. The number of piperazine rings is 1. The summed E-state index contributed by atoms with van der Waals surface area (Å²) in [6.07, 6.45) is 1.40. The number of aromatic nitrogens is 1. The first-order valence-electron chi connectivity index (χ1n) is 9.13. The highest BCUT2D eigenvalue weighted by Crippen LogP contribution is 2.42. The van der Waals surface area contributed by atoms with Crippen LogP contribution in [0.5, 0.6) is 0 Å². The fourth-order valence-electron chi connectivity index (χ4n) is 4.33. The van der Waals surface area contributed by atoms with Gasteiger partial charge in [0, 0.05) is 51.5 Å². The fourth-order valence-corrected chi connectivity index (χ4v) is 4.33. The van der Waals surface area contributed by atoms with Gasteiger partial charge in [-0.1, -0.05) is 0 Å². The van der Waals surface area contributed by atoms with Crippen LogP contribution in [0, 0.1) is 5.82 Å².